The Morgan fingerprint density at radius 1 is 0.964 bits per heavy atom. The molecule has 0 heterocycles. The molecule has 0 saturated heterocycles. The summed E-state index contributed by atoms with van der Waals surface area (Å²) in [7, 11) is 0. The van der Waals surface area contributed by atoms with Crippen LogP contribution in [-0.4, -0.2) is 24.4 Å². The minimum Gasteiger partial charge on any atom is -0.397 e. The average Bonchev–Trinajstić information content (AvgIpc) is 3.51. The first-order chi connectivity index (χ1) is 13.6. The zero-order chi connectivity index (χ0) is 19.8. The van der Waals surface area contributed by atoms with Gasteiger partial charge in [0.05, 0.1) is 11.4 Å². The van der Waals surface area contributed by atoms with E-state index in [1.165, 1.54) is 12.8 Å². The molecule has 1 aliphatic rings. The van der Waals surface area contributed by atoms with Crippen molar-refractivity contribution in [3.05, 3.63) is 54.1 Å². The first-order valence-corrected chi connectivity index (χ1v) is 9.91. The molecule has 3 rings (SSSR count). The van der Waals surface area contributed by atoms with Crippen LogP contribution in [0.4, 0.5) is 17.1 Å². The number of anilines is 3. The molecule has 2 aromatic carbocycles. The van der Waals surface area contributed by atoms with Crippen molar-refractivity contribution in [2.24, 2.45) is 0 Å². The highest BCUT2D eigenvalue weighted by atomic mass is 16.2. The summed E-state index contributed by atoms with van der Waals surface area (Å²) < 4.78 is 0. The zero-order valence-electron chi connectivity index (χ0n) is 16.0. The minimum atomic E-state index is -0.0599. The number of rotatable bonds is 10. The second-order valence-corrected chi connectivity index (χ2v) is 7.20. The highest BCUT2D eigenvalue weighted by molar-refractivity contribution is 5.94. The number of para-hydroxylation sites is 2. The quantitative estimate of drug-likeness (QED) is 0.373. The molecule has 6 heteroatoms. The normalized spacial score (nSPS) is 13.0. The third-order valence-corrected chi connectivity index (χ3v) is 4.70. The number of hydrogen-bond acceptors (Lipinski definition) is 4. The van der Waals surface area contributed by atoms with Crippen molar-refractivity contribution in [1.29, 1.82) is 0 Å². The van der Waals surface area contributed by atoms with Crippen LogP contribution in [0.3, 0.4) is 0 Å². The lowest BCUT2D eigenvalue weighted by Gasteiger charge is -2.08. The molecule has 0 atom stereocenters. The van der Waals surface area contributed by atoms with Crippen molar-refractivity contribution < 1.29 is 9.59 Å². The van der Waals surface area contributed by atoms with Crippen molar-refractivity contribution in [1.82, 2.24) is 5.32 Å². The number of amides is 2. The van der Waals surface area contributed by atoms with E-state index in [9.17, 15) is 9.59 Å². The van der Waals surface area contributed by atoms with Crippen LogP contribution in [0, 0.1) is 0 Å². The third-order valence-electron chi connectivity index (χ3n) is 4.70. The molecule has 2 aromatic rings. The van der Waals surface area contributed by atoms with E-state index >= 15 is 0 Å². The molecule has 0 spiro atoms. The van der Waals surface area contributed by atoms with Gasteiger partial charge in [-0.1, -0.05) is 18.6 Å². The topological polar surface area (TPSA) is 96.2 Å². The van der Waals surface area contributed by atoms with Crippen LogP contribution in [0.1, 0.15) is 48.9 Å². The zero-order valence-corrected chi connectivity index (χ0v) is 16.0. The van der Waals surface area contributed by atoms with Gasteiger partial charge in [-0.3, -0.25) is 9.59 Å². The van der Waals surface area contributed by atoms with E-state index in [1.54, 1.807) is 12.1 Å². The first kappa shape index (κ1) is 19.7. The third kappa shape index (κ3) is 6.30. The number of carbonyl (C=O) groups is 2. The first-order valence-electron chi connectivity index (χ1n) is 9.91. The number of hydrogen-bond donors (Lipinski definition) is 4. The Kier molecular flexibility index (Phi) is 6.89. The fourth-order valence-electron chi connectivity index (χ4n) is 2.90. The molecular formula is C22H28N4O2. The lowest BCUT2D eigenvalue weighted by atomic mass is 10.1. The average molecular weight is 380 g/mol. The van der Waals surface area contributed by atoms with Crippen molar-refractivity contribution in [3.8, 4) is 0 Å². The molecule has 0 aliphatic heterocycles. The van der Waals surface area contributed by atoms with E-state index < -0.39 is 0 Å². The van der Waals surface area contributed by atoms with E-state index in [1.807, 2.05) is 36.4 Å². The molecule has 1 aliphatic carbocycles. The minimum absolute atomic E-state index is 0.0400. The maximum Gasteiger partial charge on any atom is 0.251 e. The van der Waals surface area contributed by atoms with Crippen molar-refractivity contribution >= 4 is 28.9 Å². The fraction of sp³-hybridized carbons (Fsp3) is 0.364. The second-order valence-electron chi connectivity index (χ2n) is 7.20. The predicted octanol–water partition coefficient (Wildman–Crippen LogP) is 3.77. The molecule has 0 radical (unpaired) electrons. The monoisotopic (exact) mass is 380 g/mol. The van der Waals surface area contributed by atoms with E-state index in [-0.39, 0.29) is 11.8 Å². The molecule has 1 saturated carbocycles. The van der Waals surface area contributed by atoms with Gasteiger partial charge < -0.3 is 21.7 Å². The van der Waals surface area contributed by atoms with Gasteiger partial charge in [0.1, 0.15) is 0 Å². The van der Waals surface area contributed by atoms with E-state index in [0.29, 0.717) is 35.9 Å². The summed E-state index contributed by atoms with van der Waals surface area (Å²) in [5.41, 5.74) is 8.76. The molecule has 0 unspecified atom stereocenters. The Labute approximate surface area is 165 Å². The number of nitrogen functional groups attached to an aromatic ring is 1. The summed E-state index contributed by atoms with van der Waals surface area (Å²) in [4.78, 5) is 24.1. The summed E-state index contributed by atoms with van der Waals surface area (Å²) in [6, 6.07) is 15.4. The molecular weight excluding hydrogens is 352 g/mol. The fourth-order valence-corrected chi connectivity index (χ4v) is 2.90. The highest BCUT2D eigenvalue weighted by Crippen LogP contribution is 2.24. The Balaban J connectivity index is 1.27. The van der Waals surface area contributed by atoms with Gasteiger partial charge in [-0.2, -0.15) is 0 Å². The second kappa shape index (κ2) is 9.78. The Bertz CT molecular complexity index is 800. The summed E-state index contributed by atoms with van der Waals surface area (Å²) in [6.45, 7) is 0.605. The van der Waals surface area contributed by atoms with Crippen LogP contribution in [0.5, 0.6) is 0 Å². The summed E-state index contributed by atoms with van der Waals surface area (Å²) in [5.74, 6) is -0.0999. The van der Waals surface area contributed by atoms with Gasteiger partial charge in [0, 0.05) is 30.3 Å². The van der Waals surface area contributed by atoms with E-state index in [4.69, 9.17) is 5.73 Å². The van der Waals surface area contributed by atoms with Crippen LogP contribution in [-0.2, 0) is 4.79 Å². The van der Waals surface area contributed by atoms with Gasteiger partial charge >= 0.3 is 0 Å². The number of carbonyl (C=O) groups excluding carboxylic acids is 2. The number of unbranched alkanes of at least 4 members (excludes halogenated alkanes) is 2. The van der Waals surface area contributed by atoms with Crippen LogP contribution in [0.2, 0.25) is 0 Å². The smallest absolute Gasteiger partial charge is 0.251 e. The molecule has 0 bridgehead atoms. The Hall–Kier alpha value is -3.02. The summed E-state index contributed by atoms with van der Waals surface area (Å²) in [5, 5.41) is 9.16. The number of nitrogens with one attached hydrogen (secondary N) is 3. The molecule has 0 aromatic heterocycles. The summed E-state index contributed by atoms with van der Waals surface area (Å²) >= 11 is 0. The summed E-state index contributed by atoms with van der Waals surface area (Å²) in [6.07, 6.45) is 5.39. The largest absolute Gasteiger partial charge is 0.397 e. The number of benzene rings is 2. The lowest BCUT2D eigenvalue weighted by molar-refractivity contribution is -0.116. The van der Waals surface area contributed by atoms with Crippen LogP contribution < -0.4 is 21.7 Å². The van der Waals surface area contributed by atoms with Crippen molar-refractivity contribution in [2.75, 3.05) is 22.9 Å². The number of nitrogens with two attached hydrogens (primary N) is 1. The van der Waals surface area contributed by atoms with Gasteiger partial charge in [0.25, 0.3) is 5.91 Å². The van der Waals surface area contributed by atoms with Crippen LogP contribution in [0.15, 0.2) is 48.5 Å². The highest BCUT2D eigenvalue weighted by Gasteiger charge is 2.20. The van der Waals surface area contributed by atoms with Crippen molar-refractivity contribution in [3.63, 3.8) is 0 Å². The lowest BCUT2D eigenvalue weighted by Crippen LogP contribution is -2.24. The standard InChI is InChI=1S/C22H28N4O2/c23-19-6-3-4-7-20(19)26-21(27)8-2-1-5-15-24-22(28)16-9-11-17(12-10-16)25-18-13-14-18/h3-4,6-7,9-12,18,25H,1-2,5,8,13-15,23H2,(H,24,28)(H,26,27). The van der Waals surface area contributed by atoms with Crippen LogP contribution in [0.25, 0.3) is 0 Å². The van der Waals surface area contributed by atoms with E-state index in [2.05, 4.69) is 16.0 Å². The molecule has 148 valence electrons. The maximum absolute atomic E-state index is 12.2. The molecule has 5 N–H and O–H groups in total. The van der Waals surface area contributed by atoms with Gasteiger partial charge in [-0.05, 0) is 62.1 Å². The van der Waals surface area contributed by atoms with Gasteiger partial charge in [-0.15, -0.1) is 0 Å². The predicted molar refractivity (Wildman–Crippen MR) is 113 cm³/mol. The van der Waals surface area contributed by atoms with E-state index in [0.717, 1.165) is 24.9 Å². The van der Waals surface area contributed by atoms with Gasteiger partial charge in [0.2, 0.25) is 5.91 Å². The molecule has 28 heavy (non-hydrogen) atoms. The van der Waals surface area contributed by atoms with Gasteiger partial charge in [0.15, 0.2) is 0 Å². The van der Waals surface area contributed by atoms with Crippen LogP contribution >= 0.6 is 0 Å². The SMILES string of the molecule is Nc1ccccc1NC(=O)CCCCCNC(=O)c1ccc(NC2CC2)cc1. The van der Waals surface area contributed by atoms with Crippen molar-refractivity contribution in [2.45, 2.75) is 44.6 Å². The Morgan fingerprint density at radius 3 is 2.43 bits per heavy atom. The maximum atomic E-state index is 12.2. The molecule has 2 amide bonds. The van der Waals surface area contributed by atoms with Gasteiger partial charge in [-0.25, -0.2) is 0 Å². The Morgan fingerprint density at radius 2 is 1.71 bits per heavy atom. The molecule has 6 nitrogen and oxygen atoms in total. The molecule has 1 fully saturated rings.